The molecule has 0 saturated carbocycles. The quantitative estimate of drug-likeness (QED) is 0.850. The molecule has 2 rings (SSSR count). The van der Waals surface area contributed by atoms with Gasteiger partial charge in [-0.3, -0.25) is 9.00 Å². The predicted octanol–water partition coefficient (Wildman–Crippen LogP) is 2.98. The Bertz CT molecular complexity index is 704. The van der Waals surface area contributed by atoms with Crippen LogP contribution >= 0.6 is 11.6 Å². The van der Waals surface area contributed by atoms with Crippen molar-refractivity contribution in [2.24, 2.45) is 0 Å². The van der Waals surface area contributed by atoms with Crippen molar-refractivity contribution >= 4 is 39.7 Å². The van der Waals surface area contributed by atoms with Gasteiger partial charge in [-0.25, -0.2) is 0 Å². The lowest BCUT2D eigenvalue weighted by Crippen LogP contribution is -2.20. The van der Waals surface area contributed by atoms with Crippen molar-refractivity contribution in [2.75, 3.05) is 16.8 Å². The molecule has 6 heteroatoms. The monoisotopic (exact) mass is 322 g/mol. The van der Waals surface area contributed by atoms with Crippen LogP contribution in [0.4, 0.5) is 11.4 Å². The molecule has 0 aliphatic rings. The average Bonchev–Trinajstić information content (AvgIpc) is 2.44. The van der Waals surface area contributed by atoms with Gasteiger partial charge in [0.2, 0.25) is 5.91 Å². The van der Waals surface area contributed by atoms with Crippen molar-refractivity contribution in [3.63, 3.8) is 0 Å². The van der Waals surface area contributed by atoms with Crippen LogP contribution in [0, 0.1) is 6.92 Å². The van der Waals surface area contributed by atoms with E-state index in [1.807, 2.05) is 25.1 Å². The third-order valence-corrected chi connectivity index (χ3v) is 4.55. The number of hydrogen-bond donors (Lipinski definition) is 2. The second kappa shape index (κ2) is 6.74. The number of halogens is 1. The number of carbonyl (C=O) groups excluding carboxylic acids is 1. The summed E-state index contributed by atoms with van der Waals surface area (Å²) in [5.74, 6) is -0.440. The second-order valence-corrected chi connectivity index (χ2v) is 6.39. The first kappa shape index (κ1) is 15.5. The molecule has 21 heavy (non-hydrogen) atoms. The Morgan fingerprint density at radius 2 is 2.00 bits per heavy atom. The number of amides is 1. The molecular formula is C15H15ClN2O2S. The van der Waals surface area contributed by atoms with Gasteiger partial charge in [0.05, 0.1) is 21.5 Å². The Morgan fingerprint density at radius 1 is 1.29 bits per heavy atom. The van der Waals surface area contributed by atoms with Crippen molar-refractivity contribution < 1.29 is 9.00 Å². The lowest BCUT2D eigenvalue weighted by molar-refractivity contribution is -0.113. The molecule has 0 spiro atoms. The largest absolute Gasteiger partial charge is 0.398 e. The number of para-hydroxylation sites is 1. The van der Waals surface area contributed by atoms with Crippen molar-refractivity contribution in [3.8, 4) is 0 Å². The highest BCUT2D eigenvalue weighted by Gasteiger charge is 2.12. The van der Waals surface area contributed by atoms with Crippen molar-refractivity contribution in [1.82, 2.24) is 0 Å². The lowest BCUT2D eigenvalue weighted by atomic mass is 10.2. The molecule has 4 nitrogen and oxygen atoms in total. The van der Waals surface area contributed by atoms with Gasteiger partial charge in [-0.15, -0.1) is 0 Å². The number of benzene rings is 2. The predicted molar refractivity (Wildman–Crippen MR) is 86.9 cm³/mol. The Hall–Kier alpha value is -1.85. The van der Waals surface area contributed by atoms with Crippen molar-refractivity contribution in [3.05, 3.63) is 53.1 Å². The molecule has 0 saturated heterocycles. The maximum absolute atomic E-state index is 12.1. The molecule has 1 atom stereocenters. The molecule has 1 amide bonds. The standard InChI is InChI=1S/C15H15ClN2O2S/c1-10-4-2-3-5-14(10)18-15(19)9-21(20)11-6-7-13(17)12(16)8-11/h2-8H,9,17H2,1H3,(H,18,19). The van der Waals surface area contributed by atoms with Gasteiger partial charge in [0, 0.05) is 10.6 Å². The first-order chi connectivity index (χ1) is 9.97. The summed E-state index contributed by atoms with van der Waals surface area (Å²) < 4.78 is 12.1. The molecule has 0 aliphatic heterocycles. The van der Waals surface area contributed by atoms with Crippen LogP contribution in [0.2, 0.25) is 5.02 Å². The molecule has 2 aromatic rings. The van der Waals surface area contributed by atoms with Gasteiger partial charge < -0.3 is 11.1 Å². The first-order valence-electron chi connectivity index (χ1n) is 6.26. The van der Waals surface area contributed by atoms with E-state index in [1.54, 1.807) is 18.2 Å². The Balaban J connectivity index is 2.04. The van der Waals surface area contributed by atoms with Crippen LogP contribution < -0.4 is 11.1 Å². The summed E-state index contributed by atoms with van der Waals surface area (Å²) in [6.45, 7) is 1.90. The highest BCUT2D eigenvalue weighted by atomic mass is 35.5. The lowest BCUT2D eigenvalue weighted by Gasteiger charge is -2.08. The van der Waals surface area contributed by atoms with Crippen LogP contribution in [0.15, 0.2) is 47.4 Å². The van der Waals surface area contributed by atoms with E-state index < -0.39 is 10.8 Å². The Kier molecular flexibility index (Phi) is 4.98. The minimum Gasteiger partial charge on any atom is -0.398 e. The summed E-state index contributed by atoms with van der Waals surface area (Å²) in [6, 6.07) is 12.1. The maximum atomic E-state index is 12.1. The van der Waals surface area contributed by atoms with E-state index in [2.05, 4.69) is 5.32 Å². The second-order valence-electron chi connectivity index (χ2n) is 4.54. The van der Waals surface area contributed by atoms with E-state index in [1.165, 1.54) is 6.07 Å². The number of nitrogen functional groups attached to an aromatic ring is 1. The zero-order valence-corrected chi connectivity index (χ0v) is 13.0. The normalized spacial score (nSPS) is 11.9. The SMILES string of the molecule is Cc1ccccc1NC(=O)CS(=O)c1ccc(N)c(Cl)c1. The fraction of sp³-hybridized carbons (Fsp3) is 0.133. The van der Waals surface area contributed by atoms with Crippen LogP contribution in [0.5, 0.6) is 0 Å². The number of carbonyl (C=O) groups is 1. The topological polar surface area (TPSA) is 72.2 Å². The van der Waals surface area contributed by atoms with Crippen molar-refractivity contribution in [2.45, 2.75) is 11.8 Å². The van der Waals surface area contributed by atoms with Crippen LogP contribution in [-0.4, -0.2) is 15.9 Å². The van der Waals surface area contributed by atoms with Gasteiger partial charge >= 0.3 is 0 Å². The first-order valence-corrected chi connectivity index (χ1v) is 7.96. The summed E-state index contributed by atoms with van der Waals surface area (Å²) in [5, 5.41) is 3.08. The van der Waals surface area contributed by atoms with E-state index in [-0.39, 0.29) is 11.7 Å². The molecule has 0 fully saturated rings. The number of rotatable bonds is 4. The number of nitrogens with one attached hydrogen (secondary N) is 1. The van der Waals surface area contributed by atoms with Gasteiger partial charge in [-0.1, -0.05) is 29.8 Å². The number of anilines is 2. The molecule has 0 bridgehead atoms. The van der Waals surface area contributed by atoms with Crippen LogP contribution in [0.1, 0.15) is 5.56 Å². The van der Waals surface area contributed by atoms with Gasteiger partial charge in [0.25, 0.3) is 0 Å². The molecule has 1 unspecified atom stereocenters. The fourth-order valence-electron chi connectivity index (χ4n) is 1.75. The molecule has 0 radical (unpaired) electrons. The average molecular weight is 323 g/mol. The molecule has 2 aromatic carbocycles. The minimum absolute atomic E-state index is 0.130. The van der Waals surface area contributed by atoms with E-state index in [0.717, 1.165) is 11.3 Å². The van der Waals surface area contributed by atoms with Crippen LogP contribution in [0.25, 0.3) is 0 Å². The van der Waals surface area contributed by atoms with E-state index in [9.17, 15) is 9.00 Å². The third kappa shape index (κ3) is 4.06. The van der Waals surface area contributed by atoms with Crippen LogP contribution in [0.3, 0.4) is 0 Å². The number of hydrogen-bond acceptors (Lipinski definition) is 3. The highest BCUT2D eigenvalue weighted by Crippen LogP contribution is 2.22. The molecule has 110 valence electrons. The third-order valence-electron chi connectivity index (χ3n) is 2.92. The molecule has 0 heterocycles. The molecule has 0 aliphatic carbocycles. The van der Waals surface area contributed by atoms with Gasteiger partial charge in [-0.05, 0) is 36.8 Å². The smallest absolute Gasteiger partial charge is 0.237 e. The van der Waals surface area contributed by atoms with E-state index >= 15 is 0 Å². The summed E-state index contributed by atoms with van der Waals surface area (Å²) in [5.41, 5.74) is 7.69. The van der Waals surface area contributed by atoms with Gasteiger partial charge in [0.15, 0.2) is 0 Å². The van der Waals surface area contributed by atoms with Gasteiger partial charge in [0.1, 0.15) is 5.75 Å². The van der Waals surface area contributed by atoms with E-state index in [4.69, 9.17) is 17.3 Å². The zero-order chi connectivity index (χ0) is 15.4. The van der Waals surface area contributed by atoms with Gasteiger partial charge in [-0.2, -0.15) is 0 Å². The van der Waals surface area contributed by atoms with Crippen molar-refractivity contribution in [1.29, 1.82) is 0 Å². The summed E-state index contributed by atoms with van der Waals surface area (Å²) in [6.07, 6.45) is 0. The summed E-state index contributed by atoms with van der Waals surface area (Å²) in [4.78, 5) is 12.4. The Morgan fingerprint density at radius 3 is 2.67 bits per heavy atom. The minimum atomic E-state index is -1.46. The molecular weight excluding hydrogens is 308 g/mol. The number of nitrogens with two attached hydrogens (primary N) is 1. The Labute approximate surface area is 130 Å². The number of aryl methyl sites for hydroxylation is 1. The maximum Gasteiger partial charge on any atom is 0.237 e. The van der Waals surface area contributed by atoms with E-state index in [0.29, 0.717) is 15.6 Å². The summed E-state index contributed by atoms with van der Waals surface area (Å²) in [7, 11) is -1.46. The van der Waals surface area contributed by atoms with Crippen LogP contribution in [-0.2, 0) is 15.6 Å². The highest BCUT2D eigenvalue weighted by molar-refractivity contribution is 7.85. The summed E-state index contributed by atoms with van der Waals surface area (Å²) >= 11 is 5.89. The zero-order valence-electron chi connectivity index (χ0n) is 11.4. The fourth-order valence-corrected chi connectivity index (χ4v) is 2.94. The molecule has 0 aromatic heterocycles. The molecule has 3 N–H and O–H groups in total.